The molecule has 2 amide bonds. The molecule has 1 aromatic rings. The molecule has 6 nitrogen and oxygen atoms in total. The van der Waals surface area contributed by atoms with Gasteiger partial charge in [-0.15, -0.1) is 0 Å². The number of amides is 2. The molecule has 0 bridgehead atoms. The van der Waals surface area contributed by atoms with Crippen molar-refractivity contribution in [1.29, 1.82) is 0 Å². The van der Waals surface area contributed by atoms with Crippen LogP contribution in [0.2, 0.25) is 0 Å². The van der Waals surface area contributed by atoms with Crippen LogP contribution in [0.15, 0.2) is 24.3 Å². The van der Waals surface area contributed by atoms with Crippen LogP contribution in [0.3, 0.4) is 0 Å². The maximum Gasteiger partial charge on any atom is 0.315 e. The molecule has 20 heavy (non-hydrogen) atoms. The number of hydrogen-bond acceptors (Lipinski definition) is 3. The highest BCUT2D eigenvalue weighted by atomic mass is 16.5. The Balaban J connectivity index is 1.95. The number of hydrogen-bond donors (Lipinski definition) is 3. The number of para-hydroxylation sites is 1. The van der Waals surface area contributed by atoms with Crippen LogP contribution in [0.5, 0.6) is 5.75 Å². The van der Waals surface area contributed by atoms with Crippen LogP contribution in [0, 0.1) is 0 Å². The van der Waals surface area contributed by atoms with Crippen molar-refractivity contribution in [1.82, 2.24) is 10.6 Å². The van der Waals surface area contributed by atoms with Gasteiger partial charge in [0.05, 0.1) is 12.5 Å². The van der Waals surface area contributed by atoms with E-state index in [1.807, 2.05) is 24.3 Å². The van der Waals surface area contributed by atoms with Gasteiger partial charge in [0.1, 0.15) is 12.4 Å². The fraction of sp³-hybridized carbons (Fsp3) is 0.429. The second-order valence-corrected chi connectivity index (χ2v) is 5.45. The number of carbonyl (C=O) groups excluding carboxylic acids is 1. The molecule has 0 spiro atoms. The molecular formula is C14H18N2O4. The Kier molecular flexibility index (Phi) is 3.83. The van der Waals surface area contributed by atoms with Gasteiger partial charge in [-0.05, 0) is 19.9 Å². The largest absolute Gasteiger partial charge is 0.491 e. The summed E-state index contributed by atoms with van der Waals surface area (Å²) in [6.07, 6.45) is -0.141. The summed E-state index contributed by atoms with van der Waals surface area (Å²) in [5.41, 5.74) is 0.119. The predicted octanol–water partition coefficient (Wildman–Crippen LogP) is 1.67. The zero-order valence-corrected chi connectivity index (χ0v) is 11.5. The molecule has 1 unspecified atom stereocenters. The van der Waals surface area contributed by atoms with Gasteiger partial charge in [0.15, 0.2) is 0 Å². The summed E-state index contributed by atoms with van der Waals surface area (Å²) in [7, 11) is 0. The van der Waals surface area contributed by atoms with E-state index in [0.717, 1.165) is 11.3 Å². The number of ether oxygens (including phenoxy) is 1. The van der Waals surface area contributed by atoms with E-state index in [4.69, 9.17) is 9.84 Å². The molecule has 0 fully saturated rings. The number of fused-ring (bicyclic) bond motifs is 1. The van der Waals surface area contributed by atoms with E-state index in [1.165, 1.54) is 0 Å². The molecule has 1 aliphatic heterocycles. The molecule has 3 N–H and O–H groups in total. The molecule has 0 saturated heterocycles. The molecule has 2 rings (SSSR count). The first-order valence-electron chi connectivity index (χ1n) is 6.39. The van der Waals surface area contributed by atoms with Crippen molar-refractivity contribution in [2.75, 3.05) is 6.61 Å². The second-order valence-electron chi connectivity index (χ2n) is 5.45. The highest BCUT2D eigenvalue weighted by Gasteiger charge is 2.28. The van der Waals surface area contributed by atoms with Crippen LogP contribution in [-0.2, 0) is 4.79 Å². The van der Waals surface area contributed by atoms with Crippen LogP contribution >= 0.6 is 0 Å². The number of carboxylic acids is 1. The molecule has 1 atom stereocenters. The SMILES string of the molecule is CC(C)(CC(=O)O)NC(=O)NC1COc2ccccc21. The Morgan fingerprint density at radius 2 is 2.10 bits per heavy atom. The summed E-state index contributed by atoms with van der Waals surface area (Å²) in [6.45, 7) is 3.71. The summed E-state index contributed by atoms with van der Waals surface area (Å²) < 4.78 is 5.47. The van der Waals surface area contributed by atoms with Crippen molar-refractivity contribution in [2.45, 2.75) is 31.8 Å². The van der Waals surface area contributed by atoms with E-state index in [9.17, 15) is 9.59 Å². The lowest BCUT2D eigenvalue weighted by molar-refractivity contribution is -0.138. The Morgan fingerprint density at radius 3 is 2.80 bits per heavy atom. The van der Waals surface area contributed by atoms with Gasteiger partial charge >= 0.3 is 12.0 Å². The lowest BCUT2D eigenvalue weighted by atomic mass is 10.0. The number of nitrogens with one attached hydrogen (secondary N) is 2. The van der Waals surface area contributed by atoms with Gasteiger partial charge in [0, 0.05) is 11.1 Å². The van der Waals surface area contributed by atoms with Crippen molar-refractivity contribution in [3.05, 3.63) is 29.8 Å². The van der Waals surface area contributed by atoms with E-state index < -0.39 is 17.5 Å². The first kappa shape index (κ1) is 14.2. The molecule has 1 heterocycles. The van der Waals surface area contributed by atoms with E-state index in [1.54, 1.807) is 13.8 Å². The number of aliphatic carboxylic acids is 1. The molecule has 0 aliphatic carbocycles. The number of benzene rings is 1. The molecular weight excluding hydrogens is 260 g/mol. The first-order chi connectivity index (χ1) is 9.37. The van der Waals surface area contributed by atoms with Crippen molar-refractivity contribution in [3.8, 4) is 5.75 Å². The van der Waals surface area contributed by atoms with E-state index in [2.05, 4.69) is 10.6 Å². The minimum Gasteiger partial charge on any atom is -0.491 e. The third-order valence-electron chi connectivity index (χ3n) is 3.05. The van der Waals surface area contributed by atoms with Gasteiger partial charge < -0.3 is 20.5 Å². The Bertz CT molecular complexity index is 528. The maximum absolute atomic E-state index is 11.9. The summed E-state index contributed by atoms with van der Waals surface area (Å²) in [6, 6.07) is 6.89. The van der Waals surface area contributed by atoms with Gasteiger partial charge in [-0.1, -0.05) is 18.2 Å². The minimum absolute atomic E-state index is 0.141. The first-order valence-corrected chi connectivity index (χ1v) is 6.39. The van der Waals surface area contributed by atoms with Crippen molar-refractivity contribution < 1.29 is 19.4 Å². The highest BCUT2D eigenvalue weighted by molar-refractivity contribution is 5.77. The smallest absolute Gasteiger partial charge is 0.315 e. The van der Waals surface area contributed by atoms with E-state index in [0.29, 0.717) is 6.61 Å². The van der Waals surface area contributed by atoms with Gasteiger partial charge in [-0.2, -0.15) is 0 Å². The van der Waals surface area contributed by atoms with Gasteiger partial charge in [-0.3, -0.25) is 4.79 Å². The molecule has 0 aromatic heterocycles. The predicted molar refractivity (Wildman–Crippen MR) is 72.7 cm³/mol. The van der Waals surface area contributed by atoms with Crippen LogP contribution < -0.4 is 15.4 Å². The third kappa shape index (κ3) is 3.40. The van der Waals surface area contributed by atoms with E-state index in [-0.39, 0.29) is 12.5 Å². The molecule has 0 saturated carbocycles. The van der Waals surface area contributed by atoms with Crippen LogP contribution in [0.25, 0.3) is 0 Å². The normalized spacial score (nSPS) is 17.0. The maximum atomic E-state index is 11.9. The number of carboxylic acid groups (broad SMARTS) is 1. The average molecular weight is 278 g/mol. The fourth-order valence-electron chi connectivity index (χ4n) is 2.21. The van der Waals surface area contributed by atoms with Crippen LogP contribution in [0.1, 0.15) is 31.9 Å². The Labute approximate surface area is 117 Å². The summed E-state index contributed by atoms with van der Waals surface area (Å²) in [4.78, 5) is 22.6. The molecule has 1 aromatic carbocycles. The van der Waals surface area contributed by atoms with Gasteiger partial charge in [0.2, 0.25) is 0 Å². The van der Waals surface area contributed by atoms with Crippen LogP contribution in [0.4, 0.5) is 4.79 Å². The zero-order valence-electron chi connectivity index (χ0n) is 11.5. The third-order valence-corrected chi connectivity index (χ3v) is 3.05. The highest BCUT2D eigenvalue weighted by Crippen LogP contribution is 2.31. The van der Waals surface area contributed by atoms with Crippen molar-refractivity contribution in [2.24, 2.45) is 0 Å². The van der Waals surface area contributed by atoms with Gasteiger partial charge in [0.25, 0.3) is 0 Å². The van der Waals surface area contributed by atoms with Crippen LogP contribution in [-0.4, -0.2) is 29.3 Å². The summed E-state index contributed by atoms with van der Waals surface area (Å²) in [5.74, 6) is -0.188. The molecule has 6 heteroatoms. The number of carbonyl (C=O) groups is 2. The second kappa shape index (κ2) is 5.40. The number of urea groups is 1. The Morgan fingerprint density at radius 1 is 1.40 bits per heavy atom. The van der Waals surface area contributed by atoms with E-state index >= 15 is 0 Å². The fourth-order valence-corrected chi connectivity index (χ4v) is 2.21. The number of rotatable bonds is 4. The monoisotopic (exact) mass is 278 g/mol. The quantitative estimate of drug-likeness (QED) is 0.781. The minimum atomic E-state index is -0.954. The molecule has 108 valence electrons. The van der Waals surface area contributed by atoms with Crippen molar-refractivity contribution >= 4 is 12.0 Å². The molecule has 0 radical (unpaired) electrons. The van der Waals surface area contributed by atoms with Crippen molar-refractivity contribution in [3.63, 3.8) is 0 Å². The lowest BCUT2D eigenvalue weighted by Gasteiger charge is -2.25. The summed E-state index contributed by atoms with van der Waals surface area (Å²) in [5, 5.41) is 14.2. The van der Waals surface area contributed by atoms with Gasteiger partial charge in [-0.25, -0.2) is 4.79 Å². The lowest BCUT2D eigenvalue weighted by Crippen LogP contribution is -2.50. The Hall–Kier alpha value is -2.24. The summed E-state index contributed by atoms with van der Waals surface area (Å²) >= 11 is 0. The topological polar surface area (TPSA) is 87.7 Å². The molecule has 1 aliphatic rings. The standard InChI is InChI=1S/C14H18N2O4/c1-14(2,7-12(17)18)16-13(19)15-10-8-20-11-6-4-3-5-9(10)11/h3-6,10H,7-8H2,1-2H3,(H,17,18)(H2,15,16,19). The zero-order chi connectivity index (χ0) is 14.8. The average Bonchev–Trinajstić information content (AvgIpc) is 2.70.